The first-order valence-corrected chi connectivity index (χ1v) is 6.78. The predicted octanol–water partition coefficient (Wildman–Crippen LogP) is 1.51. The number of nitrogens with one attached hydrogen (secondary N) is 1. The first-order valence-electron chi connectivity index (χ1n) is 4.71. The lowest BCUT2D eigenvalue weighted by molar-refractivity contribution is 0.412. The molecule has 1 atom stereocenters. The van der Waals surface area contributed by atoms with Crippen LogP contribution in [-0.4, -0.2) is 19.0 Å². The molecule has 1 saturated carbocycles. The summed E-state index contributed by atoms with van der Waals surface area (Å²) in [6.07, 6.45) is 5.44. The molecule has 0 aromatic heterocycles. The third-order valence-electron chi connectivity index (χ3n) is 2.39. The average molecular weight is 223 g/mol. The van der Waals surface area contributed by atoms with Crippen LogP contribution in [0.5, 0.6) is 0 Å². The molecule has 0 aromatic rings. The molecule has 1 rings (SSSR count). The van der Waals surface area contributed by atoms with Gasteiger partial charge in [0.15, 0.2) is 0 Å². The summed E-state index contributed by atoms with van der Waals surface area (Å²) in [5, 5.41) is 0. The number of sulfonamides is 1. The van der Waals surface area contributed by atoms with Crippen molar-refractivity contribution in [2.75, 3.05) is 0 Å². The smallest absolute Gasteiger partial charge is 0.211 e. The summed E-state index contributed by atoms with van der Waals surface area (Å²) in [6, 6.07) is 0.147. The van der Waals surface area contributed by atoms with E-state index >= 15 is 0 Å². The van der Waals surface area contributed by atoms with Gasteiger partial charge >= 0.3 is 0 Å². The van der Waals surface area contributed by atoms with Gasteiger partial charge in [-0.2, -0.15) is 12.6 Å². The van der Waals surface area contributed by atoms with Crippen LogP contribution in [0, 0.1) is 0 Å². The van der Waals surface area contributed by atoms with Gasteiger partial charge in [-0.05, 0) is 19.8 Å². The number of thiol groups is 1. The number of rotatable bonds is 3. The van der Waals surface area contributed by atoms with Crippen LogP contribution in [0.15, 0.2) is 0 Å². The first kappa shape index (κ1) is 11.3. The van der Waals surface area contributed by atoms with Crippen molar-refractivity contribution in [3.05, 3.63) is 0 Å². The Morgan fingerprint density at radius 3 is 2.31 bits per heavy atom. The van der Waals surface area contributed by atoms with Gasteiger partial charge in [-0.3, -0.25) is 0 Å². The molecule has 1 aliphatic rings. The van der Waals surface area contributed by atoms with Gasteiger partial charge < -0.3 is 0 Å². The molecular weight excluding hydrogens is 206 g/mol. The van der Waals surface area contributed by atoms with Crippen LogP contribution < -0.4 is 4.72 Å². The normalized spacial score (nSPS) is 22.9. The Morgan fingerprint density at radius 2 is 1.85 bits per heavy atom. The molecule has 0 saturated heterocycles. The van der Waals surface area contributed by atoms with Crippen LogP contribution in [0.3, 0.4) is 0 Å². The molecule has 0 bridgehead atoms. The molecule has 1 fully saturated rings. The van der Waals surface area contributed by atoms with E-state index in [-0.39, 0.29) is 6.04 Å². The van der Waals surface area contributed by atoms with Crippen molar-refractivity contribution in [3.63, 3.8) is 0 Å². The molecule has 0 radical (unpaired) electrons. The highest BCUT2D eigenvalue weighted by Crippen LogP contribution is 2.19. The summed E-state index contributed by atoms with van der Waals surface area (Å²) >= 11 is 3.93. The summed E-state index contributed by atoms with van der Waals surface area (Å²) < 4.78 is 24.9. The van der Waals surface area contributed by atoms with Crippen LogP contribution in [0.1, 0.15) is 39.0 Å². The van der Waals surface area contributed by atoms with Crippen molar-refractivity contribution >= 4 is 22.7 Å². The fourth-order valence-corrected chi connectivity index (χ4v) is 2.63. The Morgan fingerprint density at radius 1 is 1.31 bits per heavy atom. The SMILES string of the molecule is CC(S)S(=O)(=O)NC1CCCCC1. The quantitative estimate of drug-likeness (QED) is 0.713. The van der Waals surface area contributed by atoms with E-state index in [9.17, 15) is 8.42 Å². The van der Waals surface area contributed by atoms with Crippen LogP contribution in [0.2, 0.25) is 0 Å². The third-order valence-corrected chi connectivity index (χ3v) is 4.78. The molecule has 0 spiro atoms. The maximum Gasteiger partial charge on any atom is 0.223 e. The summed E-state index contributed by atoms with van der Waals surface area (Å²) in [6.45, 7) is 1.58. The van der Waals surface area contributed by atoms with Gasteiger partial charge in [0, 0.05) is 6.04 Å². The third kappa shape index (κ3) is 3.48. The summed E-state index contributed by atoms with van der Waals surface area (Å²) in [4.78, 5) is 0. The topological polar surface area (TPSA) is 46.2 Å². The zero-order chi connectivity index (χ0) is 9.90. The minimum atomic E-state index is -3.18. The van der Waals surface area contributed by atoms with Crippen molar-refractivity contribution in [2.24, 2.45) is 0 Å². The Bertz CT molecular complexity index is 243. The standard InChI is InChI=1S/C8H17NO2S2/c1-7(12)13(10,11)9-8-5-3-2-4-6-8/h7-9,12H,2-6H2,1H3. The predicted molar refractivity (Wildman–Crippen MR) is 57.4 cm³/mol. The molecule has 78 valence electrons. The van der Waals surface area contributed by atoms with Crippen LogP contribution >= 0.6 is 12.6 Å². The molecule has 0 aromatic carbocycles. The minimum absolute atomic E-state index is 0.147. The Balaban J connectivity index is 2.47. The molecule has 5 heteroatoms. The zero-order valence-corrected chi connectivity index (χ0v) is 9.57. The minimum Gasteiger partial charge on any atom is -0.211 e. The average Bonchev–Trinajstić information content (AvgIpc) is 2.05. The first-order chi connectivity index (χ1) is 6.02. The summed E-state index contributed by atoms with van der Waals surface area (Å²) in [5.74, 6) is 0. The van der Waals surface area contributed by atoms with Crippen molar-refractivity contribution in [2.45, 2.75) is 49.7 Å². The second kappa shape index (κ2) is 4.66. The van der Waals surface area contributed by atoms with Gasteiger partial charge in [0.25, 0.3) is 0 Å². The maximum atomic E-state index is 11.4. The fraction of sp³-hybridized carbons (Fsp3) is 1.00. The molecule has 1 unspecified atom stereocenters. The lowest BCUT2D eigenvalue weighted by atomic mass is 9.96. The van der Waals surface area contributed by atoms with Crippen LogP contribution in [-0.2, 0) is 10.0 Å². The van der Waals surface area contributed by atoms with E-state index in [1.807, 2.05) is 0 Å². The Kier molecular flexibility index (Phi) is 4.06. The Labute approximate surface area is 85.8 Å². The fourth-order valence-electron chi connectivity index (χ4n) is 1.55. The second-order valence-corrected chi connectivity index (χ2v) is 6.75. The van der Waals surface area contributed by atoms with Gasteiger partial charge in [0.05, 0.1) is 0 Å². The number of hydrogen-bond donors (Lipinski definition) is 2. The molecule has 13 heavy (non-hydrogen) atoms. The lowest BCUT2D eigenvalue weighted by Gasteiger charge is -2.23. The van der Waals surface area contributed by atoms with Crippen molar-refractivity contribution in [3.8, 4) is 0 Å². The summed E-state index contributed by atoms with van der Waals surface area (Å²) in [5.41, 5.74) is 0. The molecule has 0 aliphatic heterocycles. The lowest BCUT2D eigenvalue weighted by Crippen LogP contribution is -2.39. The zero-order valence-electron chi connectivity index (χ0n) is 7.86. The van der Waals surface area contributed by atoms with E-state index in [4.69, 9.17) is 0 Å². The van der Waals surface area contributed by atoms with E-state index in [1.165, 1.54) is 6.42 Å². The van der Waals surface area contributed by atoms with Gasteiger partial charge in [0.2, 0.25) is 10.0 Å². The van der Waals surface area contributed by atoms with Gasteiger partial charge in [-0.25, -0.2) is 13.1 Å². The van der Waals surface area contributed by atoms with E-state index in [0.717, 1.165) is 25.7 Å². The van der Waals surface area contributed by atoms with Gasteiger partial charge in [-0.1, -0.05) is 19.3 Å². The molecular formula is C8H17NO2S2. The van der Waals surface area contributed by atoms with Crippen molar-refractivity contribution in [1.29, 1.82) is 0 Å². The van der Waals surface area contributed by atoms with Crippen molar-refractivity contribution in [1.82, 2.24) is 4.72 Å². The van der Waals surface area contributed by atoms with Gasteiger partial charge in [0.1, 0.15) is 4.58 Å². The van der Waals surface area contributed by atoms with Gasteiger partial charge in [-0.15, -0.1) is 0 Å². The van der Waals surface area contributed by atoms with Crippen molar-refractivity contribution < 1.29 is 8.42 Å². The molecule has 1 aliphatic carbocycles. The van der Waals surface area contributed by atoms with E-state index in [2.05, 4.69) is 17.4 Å². The van der Waals surface area contributed by atoms with E-state index in [1.54, 1.807) is 6.92 Å². The van der Waals surface area contributed by atoms with E-state index in [0.29, 0.717) is 0 Å². The highest BCUT2D eigenvalue weighted by Gasteiger charge is 2.22. The summed E-state index contributed by atoms with van der Waals surface area (Å²) in [7, 11) is -3.18. The second-order valence-electron chi connectivity index (χ2n) is 3.60. The molecule has 0 amide bonds. The highest BCUT2D eigenvalue weighted by molar-refractivity contribution is 8.03. The molecule has 3 nitrogen and oxygen atoms in total. The monoisotopic (exact) mass is 223 g/mol. The molecule has 1 N–H and O–H groups in total. The van der Waals surface area contributed by atoms with E-state index < -0.39 is 14.6 Å². The number of hydrogen-bond acceptors (Lipinski definition) is 3. The maximum absolute atomic E-state index is 11.4. The highest BCUT2D eigenvalue weighted by atomic mass is 32.3. The van der Waals surface area contributed by atoms with Crippen LogP contribution in [0.4, 0.5) is 0 Å². The molecule has 0 heterocycles. The van der Waals surface area contributed by atoms with Crippen LogP contribution in [0.25, 0.3) is 0 Å². The largest absolute Gasteiger partial charge is 0.223 e. The Hall–Kier alpha value is 0.260.